The van der Waals surface area contributed by atoms with E-state index in [1.807, 2.05) is 12.3 Å². The molecule has 1 aliphatic carbocycles. The Labute approximate surface area is 85.5 Å². The molecule has 76 valence electrons. The molecule has 0 saturated carbocycles. The molecule has 0 radical (unpaired) electrons. The first kappa shape index (κ1) is 9.66. The molecule has 2 N–H and O–H groups in total. The molecule has 0 saturated heterocycles. The van der Waals surface area contributed by atoms with Gasteiger partial charge in [0, 0.05) is 23.9 Å². The molecule has 1 aromatic heterocycles. The predicted octanol–water partition coefficient (Wildman–Crippen LogP) is 2.24. The second-order valence-corrected chi connectivity index (χ2v) is 4.15. The van der Waals surface area contributed by atoms with Crippen molar-refractivity contribution in [1.82, 2.24) is 4.98 Å². The summed E-state index contributed by atoms with van der Waals surface area (Å²) in [5, 5.41) is 0. The summed E-state index contributed by atoms with van der Waals surface area (Å²) in [5.41, 5.74) is 8.83. The van der Waals surface area contributed by atoms with Crippen LogP contribution in [-0.4, -0.2) is 11.0 Å². The Morgan fingerprint density at radius 3 is 3.29 bits per heavy atom. The average Bonchev–Trinajstić information content (AvgIpc) is 2.61. The summed E-state index contributed by atoms with van der Waals surface area (Å²) < 4.78 is 0. The highest BCUT2D eigenvalue weighted by atomic mass is 14.7. The summed E-state index contributed by atoms with van der Waals surface area (Å²) in [6.45, 7) is 2.19. The molecule has 0 aliphatic heterocycles. The molecule has 2 nitrogen and oxygen atoms in total. The fourth-order valence-corrected chi connectivity index (χ4v) is 2.40. The number of nitrogens with two attached hydrogens (primary N) is 1. The number of pyridine rings is 1. The van der Waals surface area contributed by atoms with E-state index in [4.69, 9.17) is 5.73 Å². The first-order valence-corrected chi connectivity index (χ1v) is 5.52. The minimum atomic E-state index is 0.302. The maximum Gasteiger partial charge on any atom is 0.0482 e. The lowest BCUT2D eigenvalue weighted by Gasteiger charge is -2.18. The smallest absolute Gasteiger partial charge is 0.0482 e. The Kier molecular flexibility index (Phi) is 2.82. The first-order valence-electron chi connectivity index (χ1n) is 5.52. The van der Waals surface area contributed by atoms with Crippen molar-refractivity contribution in [3.8, 4) is 0 Å². The van der Waals surface area contributed by atoms with E-state index in [9.17, 15) is 0 Å². The maximum atomic E-state index is 6.16. The number of aromatic nitrogens is 1. The Morgan fingerprint density at radius 1 is 1.64 bits per heavy atom. The summed E-state index contributed by atoms with van der Waals surface area (Å²) >= 11 is 0. The summed E-state index contributed by atoms with van der Waals surface area (Å²) in [7, 11) is 0. The molecule has 2 unspecified atom stereocenters. The van der Waals surface area contributed by atoms with E-state index in [1.165, 1.54) is 24.1 Å². The Balaban J connectivity index is 2.17. The quantitative estimate of drug-likeness (QED) is 0.794. The van der Waals surface area contributed by atoms with Gasteiger partial charge in [0.1, 0.15) is 0 Å². The van der Waals surface area contributed by atoms with Crippen LogP contribution in [0.4, 0.5) is 0 Å². The topological polar surface area (TPSA) is 38.9 Å². The number of nitrogens with zero attached hydrogens (tertiary/aromatic N) is 1. The molecular formula is C12H18N2. The zero-order valence-electron chi connectivity index (χ0n) is 8.74. The monoisotopic (exact) mass is 190 g/mol. The van der Waals surface area contributed by atoms with Gasteiger partial charge in [-0.3, -0.25) is 4.98 Å². The normalized spacial score (nSPS) is 22.0. The van der Waals surface area contributed by atoms with Crippen LogP contribution in [0.25, 0.3) is 0 Å². The van der Waals surface area contributed by atoms with Gasteiger partial charge in [0.25, 0.3) is 0 Å². The van der Waals surface area contributed by atoms with Crippen LogP contribution in [0.3, 0.4) is 0 Å². The molecular weight excluding hydrogens is 172 g/mol. The number of hydrogen-bond donors (Lipinski definition) is 1. The van der Waals surface area contributed by atoms with Gasteiger partial charge in [-0.05, 0) is 30.9 Å². The predicted molar refractivity (Wildman–Crippen MR) is 58.2 cm³/mol. The minimum Gasteiger partial charge on any atom is -0.327 e. The molecule has 14 heavy (non-hydrogen) atoms. The highest BCUT2D eigenvalue weighted by molar-refractivity contribution is 5.29. The Hall–Kier alpha value is -0.890. The Morgan fingerprint density at radius 2 is 2.50 bits per heavy atom. The van der Waals surface area contributed by atoms with Crippen LogP contribution < -0.4 is 5.73 Å². The third kappa shape index (κ3) is 1.67. The van der Waals surface area contributed by atoms with Gasteiger partial charge in [0.2, 0.25) is 0 Å². The molecule has 1 aromatic rings. The number of aryl methyl sites for hydroxylation is 1. The van der Waals surface area contributed by atoms with Crippen LogP contribution >= 0.6 is 0 Å². The molecule has 0 fully saturated rings. The van der Waals surface area contributed by atoms with Crippen molar-refractivity contribution in [2.24, 2.45) is 5.73 Å². The third-order valence-electron chi connectivity index (χ3n) is 3.14. The highest BCUT2D eigenvalue weighted by Gasteiger charge is 2.27. The molecule has 0 spiro atoms. The van der Waals surface area contributed by atoms with Crippen molar-refractivity contribution >= 4 is 0 Å². The molecule has 2 rings (SSSR count). The van der Waals surface area contributed by atoms with Crippen molar-refractivity contribution in [3.63, 3.8) is 0 Å². The van der Waals surface area contributed by atoms with Crippen LogP contribution in [0, 0.1) is 0 Å². The molecule has 0 aromatic carbocycles. The van der Waals surface area contributed by atoms with Gasteiger partial charge in [-0.2, -0.15) is 0 Å². The summed E-state index contributed by atoms with van der Waals surface area (Å²) in [6.07, 6.45) is 6.51. The minimum absolute atomic E-state index is 0.302. The largest absolute Gasteiger partial charge is 0.327 e. The number of hydrogen-bond acceptors (Lipinski definition) is 2. The van der Waals surface area contributed by atoms with E-state index >= 15 is 0 Å². The summed E-state index contributed by atoms with van der Waals surface area (Å²) in [5.74, 6) is 0.506. The van der Waals surface area contributed by atoms with E-state index in [0.717, 1.165) is 12.8 Å². The second-order valence-electron chi connectivity index (χ2n) is 4.15. The van der Waals surface area contributed by atoms with Crippen LogP contribution in [0.1, 0.15) is 43.4 Å². The van der Waals surface area contributed by atoms with Crippen molar-refractivity contribution in [2.45, 2.75) is 44.6 Å². The number of fused-ring (bicyclic) bond motifs is 1. The third-order valence-corrected chi connectivity index (χ3v) is 3.14. The maximum absolute atomic E-state index is 6.16. The van der Waals surface area contributed by atoms with Crippen molar-refractivity contribution < 1.29 is 0 Å². The molecule has 2 heteroatoms. The van der Waals surface area contributed by atoms with Gasteiger partial charge in [-0.15, -0.1) is 0 Å². The standard InChI is InChI=1S/C12H18N2/c1-2-4-11(13)10-7-6-9-5-3-8-14-12(9)10/h3,5,8,10-11H,2,4,6-7,13H2,1H3. The van der Waals surface area contributed by atoms with Crippen molar-refractivity contribution in [2.75, 3.05) is 0 Å². The lowest BCUT2D eigenvalue weighted by Crippen LogP contribution is -2.27. The van der Waals surface area contributed by atoms with Gasteiger partial charge in [0.15, 0.2) is 0 Å². The molecule has 0 bridgehead atoms. The van der Waals surface area contributed by atoms with Crippen molar-refractivity contribution in [1.29, 1.82) is 0 Å². The van der Waals surface area contributed by atoms with E-state index in [1.54, 1.807) is 0 Å². The zero-order valence-corrected chi connectivity index (χ0v) is 8.74. The summed E-state index contributed by atoms with van der Waals surface area (Å²) in [6, 6.07) is 4.50. The fourth-order valence-electron chi connectivity index (χ4n) is 2.40. The van der Waals surface area contributed by atoms with Crippen molar-refractivity contribution in [3.05, 3.63) is 29.6 Å². The van der Waals surface area contributed by atoms with Gasteiger partial charge in [0.05, 0.1) is 0 Å². The molecule has 2 atom stereocenters. The van der Waals surface area contributed by atoms with Crippen LogP contribution in [-0.2, 0) is 6.42 Å². The van der Waals surface area contributed by atoms with E-state index < -0.39 is 0 Å². The SMILES string of the molecule is CCCC(N)C1CCc2cccnc21. The van der Waals surface area contributed by atoms with E-state index in [2.05, 4.69) is 18.0 Å². The van der Waals surface area contributed by atoms with Gasteiger partial charge < -0.3 is 5.73 Å². The number of rotatable bonds is 3. The first-order chi connectivity index (χ1) is 6.83. The zero-order chi connectivity index (χ0) is 9.97. The van der Waals surface area contributed by atoms with Crippen LogP contribution in [0.5, 0.6) is 0 Å². The highest BCUT2D eigenvalue weighted by Crippen LogP contribution is 2.34. The lowest BCUT2D eigenvalue weighted by molar-refractivity contribution is 0.485. The fraction of sp³-hybridized carbons (Fsp3) is 0.583. The van der Waals surface area contributed by atoms with E-state index in [-0.39, 0.29) is 0 Å². The van der Waals surface area contributed by atoms with Crippen LogP contribution in [0.2, 0.25) is 0 Å². The molecule has 0 amide bonds. The molecule has 1 aliphatic rings. The second kappa shape index (κ2) is 4.09. The summed E-state index contributed by atoms with van der Waals surface area (Å²) in [4.78, 5) is 4.46. The lowest BCUT2D eigenvalue weighted by atomic mass is 9.94. The molecule has 1 heterocycles. The van der Waals surface area contributed by atoms with Gasteiger partial charge in [-0.25, -0.2) is 0 Å². The van der Waals surface area contributed by atoms with E-state index in [0.29, 0.717) is 12.0 Å². The van der Waals surface area contributed by atoms with Gasteiger partial charge >= 0.3 is 0 Å². The van der Waals surface area contributed by atoms with Gasteiger partial charge in [-0.1, -0.05) is 19.4 Å². The Bertz CT molecular complexity index is 309. The average molecular weight is 190 g/mol. The van der Waals surface area contributed by atoms with Crippen LogP contribution in [0.15, 0.2) is 18.3 Å².